The van der Waals surface area contributed by atoms with Gasteiger partial charge < -0.3 is 15.4 Å². The van der Waals surface area contributed by atoms with Crippen molar-refractivity contribution >= 4 is 28.8 Å². The average Bonchev–Trinajstić information content (AvgIpc) is 2.94. The van der Waals surface area contributed by atoms with Gasteiger partial charge in [0.2, 0.25) is 5.91 Å². The van der Waals surface area contributed by atoms with Crippen molar-refractivity contribution in [2.75, 3.05) is 11.4 Å². The predicted molar refractivity (Wildman–Crippen MR) is 88.5 cm³/mol. The van der Waals surface area contributed by atoms with Crippen molar-refractivity contribution in [1.29, 1.82) is 0 Å². The molecule has 2 amide bonds. The van der Waals surface area contributed by atoms with E-state index in [-0.39, 0.29) is 18.9 Å². The van der Waals surface area contributed by atoms with Crippen molar-refractivity contribution in [3.8, 4) is 17.0 Å². The van der Waals surface area contributed by atoms with Gasteiger partial charge in [0.1, 0.15) is 5.75 Å². The van der Waals surface area contributed by atoms with Crippen LogP contribution in [0.25, 0.3) is 11.3 Å². The molecule has 1 aromatic heterocycles. The van der Waals surface area contributed by atoms with Gasteiger partial charge in [0, 0.05) is 23.9 Å². The lowest BCUT2D eigenvalue weighted by Crippen LogP contribution is -2.45. The molecule has 23 heavy (non-hydrogen) atoms. The molecule has 0 bridgehead atoms. The molecule has 2 heterocycles. The Labute approximate surface area is 137 Å². The first-order valence-corrected chi connectivity index (χ1v) is 8.16. The minimum Gasteiger partial charge on any atom is -0.479 e. The molecule has 1 atom stereocenters. The summed E-state index contributed by atoms with van der Waals surface area (Å²) in [6, 6.07) is 5.62. The van der Waals surface area contributed by atoms with Crippen LogP contribution in [0.2, 0.25) is 0 Å². The third-order valence-corrected chi connectivity index (χ3v) is 4.44. The molecule has 1 aromatic carbocycles. The summed E-state index contributed by atoms with van der Waals surface area (Å²) in [5.74, 6) is 0.00686. The van der Waals surface area contributed by atoms with Gasteiger partial charge in [-0.25, -0.2) is 4.98 Å². The number of thiazole rings is 1. The highest BCUT2D eigenvalue weighted by molar-refractivity contribution is 7.09. The smallest absolute Gasteiger partial charge is 0.267 e. The normalized spacial score (nSPS) is 16.9. The third kappa shape index (κ3) is 3.05. The van der Waals surface area contributed by atoms with Crippen LogP contribution in [0, 0.1) is 6.92 Å². The number of rotatable bonds is 4. The molecule has 6 nitrogen and oxygen atoms in total. The van der Waals surface area contributed by atoms with E-state index >= 15 is 0 Å². The second-order valence-electron chi connectivity index (χ2n) is 5.40. The number of anilines is 1. The fourth-order valence-electron chi connectivity index (χ4n) is 2.51. The van der Waals surface area contributed by atoms with Crippen molar-refractivity contribution < 1.29 is 14.3 Å². The maximum Gasteiger partial charge on any atom is 0.267 e. The largest absolute Gasteiger partial charge is 0.479 e. The van der Waals surface area contributed by atoms with Crippen molar-refractivity contribution in [3.05, 3.63) is 28.6 Å². The van der Waals surface area contributed by atoms with Gasteiger partial charge >= 0.3 is 0 Å². The molecule has 1 aliphatic rings. The maximum absolute atomic E-state index is 12.4. The Morgan fingerprint density at radius 1 is 1.48 bits per heavy atom. The molecule has 0 fully saturated rings. The molecule has 7 heteroatoms. The van der Waals surface area contributed by atoms with E-state index in [2.05, 4.69) is 4.98 Å². The van der Waals surface area contributed by atoms with Gasteiger partial charge in [-0.3, -0.25) is 9.59 Å². The van der Waals surface area contributed by atoms with Crippen molar-refractivity contribution in [3.63, 3.8) is 0 Å². The van der Waals surface area contributed by atoms with Crippen LogP contribution in [0.3, 0.4) is 0 Å². The lowest BCUT2D eigenvalue weighted by atomic mass is 10.1. The van der Waals surface area contributed by atoms with Gasteiger partial charge in [-0.2, -0.15) is 0 Å². The molecule has 1 aliphatic heterocycles. The molecule has 0 saturated carbocycles. The monoisotopic (exact) mass is 331 g/mol. The average molecular weight is 331 g/mol. The van der Waals surface area contributed by atoms with Crippen molar-refractivity contribution in [1.82, 2.24) is 4.98 Å². The van der Waals surface area contributed by atoms with Crippen LogP contribution >= 0.6 is 11.3 Å². The summed E-state index contributed by atoms with van der Waals surface area (Å²) in [6.07, 6.45) is -0.472. The molecule has 3 rings (SSSR count). The molecular formula is C16H17N3O3S. The highest BCUT2D eigenvalue weighted by atomic mass is 32.1. The first-order chi connectivity index (χ1) is 11.0. The van der Waals surface area contributed by atoms with Crippen LogP contribution in [0.1, 0.15) is 18.4 Å². The lowest BCUT2D eigenvalue weighted by molar-refractivity contribution is -0.125. The van der Waals surface area contributed by atoms with Gasteiger partial charge in [-0.1, -0.05) is 0 Å². The SMILES string of the molecule is Cc1nc(-c2ccc3c(c2)N(CCC(N)=O)C(=O)C(C)O3)cs1. The summed E-state index contributed by atoms with van der Waals surface area (Å²) in [5, 5.41) is 2.95. The van der Waals surface area contributed by atoms with E-state index in [0.29, 0.717) is 11.4 Å². The topological polar surface area (TPSA) is 85.5 Å². The van der Waals surface area contributed by atoms with Crippen molar-refractivity contribution in [2.24, 2.45) is 5.73 Å². The van der Waals surface area contributed by atoms with E-state index in [1.165, 1.54) is 0 Å². The Balaban J connectivity index is 2.00. The highest BCUT2D eigenvalue weighted by Gasteiger charge is 2.31. The molecule has 120 valence electrons. The van der Waals surface area contributed by atoms with E-state index in [9.17, 15) is 9.59 Å². The number of aromatic nitrogens is 1. The third-order valence-electron chi connectivity index (χ3n) is 3.66. The number of hydrogen-bond donors (Lipinski definition) is 1. The Morgan fingerprint density at radius 2 is 2.26 bits per heavy atom. The van der Waals surface area contributed by atoms with E-state index < -0.39 is 12.0 Å². The zero-order valence-corrected chi connectivity index (χ0v) is 13.7. The van der Waals surface area contributed by atoms with E-state index in [1.807, 2.05) is 30.5 Å². The second kappa shape index (κ2) is 6.00. The van der Waals surface area contributed by atoms with Crippen LogP contribution in [-0.2, 0) is 9.59 Å². The molecule has 2 aromatic rings. The van der Waals surface area contributed by atoms with Crippen LogP contribution in [-0.4, -0.2) is 29.4 Å². The summed E-state index contributed by atoms with van der Waals surface area (Å²) in [4.78, 5) is 29.5. The number of aryl methyl sites for hydroxylation is 1. The summed E-state index contributed by atoms with van der Waals surface area (Å²) in [5.41, 5.74) is 7.63. The first kappa shape index (κ1) is 15.5. The standard InChI is InChI=1S/C16H17N3O3S/c1-9-16(21)19(6-5-15(17)20)13-7-11(3-4-14(13)22-9)12-8-23-10(2)18-12/h3-4,7-9H,5-6H2,1-2H3,(H2,17,20). The number of carbonyl (C=O) groups excluding carboxylic acids is 2. The van der Waals surface area contributed by atoms with Gasteiger partial charge in [-0.05, 0) is 32.0 Å². The highest BCUT2D eigenvalue weighted by Crippen LogP contribution is 2.37. The minimum absolute atomic E-state index is 0.109. The number of hydrogen-bond acceptors (Lipinski definition) is 5. The number of nitrogens with zero attached hydrogens (tertiary/aromatic N) is 2. The zero-order chi connectivity index (χ0) is 16.6. The van der Waals surface area contributed by atoms with Gasteiger partial charge in [0.25, 0.3) is 5.91 Å². The first-order valence-electron chi connectivity index (χ1n) is 7.28. The van der Waals surface area contributed by atoms with Crippen LogP contribution in [0.15, 0.2) is 23.6 Å². The Bertz CT molecular complexity index is 772. The van der Waals surface area contributed by atoms with E-state index in [4.69, 9.17) is 10.5 Å². The molecule has 0 radical (unpaired) electrons. The number of amides is 2. The molecule has 0 aliphatic carbocycles. The molecule has 0 saturated heterocycles. The van der Waals surface area contributed by atoms with Crippen LogP contribution < -0.4 is 15.4 Å². The van der Waals surface area contributed by atoms with Crippen molar-refractivity contribution in [2.45, 2.75) is 26.4 Å². The van der Waals surface area contributed by atoms with Gasteiger partial charge in [0.15, 0.2) is 6.10 Å². The van der Waals surface area contributed by atoms with Crippen LogP contribution in [0.5, 0.6) is 5.75 Å². The summed E-state index contributed by atoms with van der Waals surface area (Å²) < 4.78 is 5.65. The molecule has 0 spiro atoms. The lowest BCUT2D eigenvalue weighted by Gasteiger charge is -2.33. The number of fused-ring (bicyclic) bond motifs is 1. The second-order valence-corrected chi connectivity index (χ2v) is 6.46. The maximum atomic E-state index is 12.4. The number of primary amides is 1. The zero-order valence-electron chi connectivity index (χ0n) is 12.9. The predicted octanol–water partition coefficient (Wildman–Crippen LogP) is 2.11. The summed E-state index contributed by atoms with van der Waals surface area (Å²) >= 11 is 1.57. The molecular weight excluding hydrogens is 314 g/mol. The number of nitrogens with two attached hydrogens (primary N) is 1. The van der Waals surface area contributed by atoms with E-state index in [1.54, 1.807) is 23.2 Å². The summed E-state index contributed by atoms with van der Waals surface area (Å²) in [6.45, 7) is 3.88. The quantitative estimate of drug-likeness (QED) is 0.930. The number of ether oxygens (including phenoxy) is 1. The van der Waals surface area contributed by atoms with E-state index in [0.717, 1.165) is 16.3 Å². The van der Waals surface area contributed by atoms with Crippen LogP contribution in [0.4, 0.5) is 5.69 Å². The Morgan fingerprint density at radius 3 is 2.91 bits per heavy atom. The minimum atomic E-state index is -0.581. The molecule has 2 N–H and O–H groups in total. The number of carbonyl (C=O) groups is 2. The molecule has 1 unspecified atom stereocenters. The van der Waals surface area contributed by atoms with Gasteiger partial charge in [-0.15, -0.1) is 11.3 Å². The number of benzene rings is 1. The Hall–Kier alpha value is -2.41. The fraction of sp³-hybridized carbons (Fsp3) is 0.312. The Kier molecular flexibility index (Phi) is 4.04. The van der Waals surface area contributed by atoms with Gasteiger partial charge in [0.05, 0.1) is 16.4 Å². The summed E-state index contributed by atoms with van der Waals surface area (Å²) in [7, 11) is 0. The fourth-order valence-corrected chi connectivity index (χ4v) is 3.14.